The van der Waals surface area contributed by atoms with Gasteiger partial charge in [0.25, 0.3) is 11.6 Å². The van der Waals surface area contributed by atoms with Crippen LogP contribution >= 0.6 is 11.6 Å². The molecule has 0 aromatic heterocycles. The fraction of sp³-hybridized carbons (Fsp3) is 0.0588. The molecule has 1 amide bonds. The van der Waals surface area contributed by atoms with Gasteiger partial charge < -0.3 is 5.32 Å². The Hall–Kier alpha value is -3.17. The molecule has 0 saturated heterocycles. The van der Waals surface area contributed by atoms with E-state index in [1.165, 1.54) is 24.3 Å². The molecule has 0 bridgehead atoms. The van der Waals surface area contributed by atoms with Gasteiger partial charge in [-0.05, 0) is 23.3 Å². The fourth-order valence-corrected chi connectivity index (χ4v) is 2.13. The monoisotopic (exact) mass is 341 g/mol. The van der Waals surface area contributed by atoms with Crippen molar-refractivity contribution in [3.05, 3.63) is 80.4 Å². The average molecular weight is 342 g/mol. The molecule has 0 radical (unpaired) electrons. The number of halogens is 1. The minimum Gasteiger partial charge on any atom is -0.347 e. The van der Waals surface area contributed by atoms with Crippen LogP contribution < -0.4 is 5.32 Å². The summed E-state index contributed by atoms with van der Waals surface area (Å²) in [7, 11) is 0. The maximum absolute atomic E-state index is 12.1. The van der Waals surface area contributed by atoms with Gasteiger partial charge >= 0.3 is 0 Å². The summed E-state index contributed by atoms with van der Waals surface area (Å²) in [5.41, 5.74) is 0.803. The first-order chi connectivity index (χ1) is 11.5. The Bertz CT molecular complexity index is 842. The third-order valence-electron chi connectivity index (χ3n) is 3.14. The highest BCUT2D eigenvalue weighted by molar-refractivity contribution is 6.32. The van der Waals surface area contributed by atoms with Crippen LogP contribution in [0.2, 0.25) is 5.02 Å². The zero-order chi connectivity index (χ0) is 17.5. The van der Waals surface area contributed by atoms with Gasteiger partial charge in [0.05, 0.1) is 4.92 Å². The van der Waals surface area contributed by atoms with Gasteiger partial charge in [-0.25, -0.2) is 0 Å². The highest BCUT2D eigenvalue weighted by Crippen LogP contribution is 2.26. The summed E-state index contributed by atoms with van der Waals surface area (Å²) in [6.07, 6.45) is 1.28. The molecule has 0 saturated carbocycles. The van der Waals surface area contributed by atoms with Gasteiger partial charge in [0.15, 0.2) is 0 Å². The minimum atomic E-state index is -0.624. The molecule has 0 heterocycles. The number of carbonyl (C=O) groups is 1. The van der Waals surface area contributed by atoms with Crippen LogP contribution in [0.3, 0.4) is 0 Å². The van der Waals surface area contributed by atoms with E-state index in [1.54, 1.807) is 6.07 Å². The van der Waals surface area contributed by atoms with Gasteiger partial charge in [0, 0.05) is 12.6 Å². The van der Waals surface area contributed by atoms with Crippen molar-refractivity contribution in [1.29, 1.82) is 5.26 Å². The van der Waals surface area contributed by atoms with Crippen LogP contribution in [-0.4, -0.2) is 10.8 Å². The predicted octanol–water partition coefficient (Wildman–Crippen LogP) is 3.47. The lowest BCUT2D eigenvalue weighted by Gasteiger charge is -2.04. The van der Waals surface area contributed by atoms with Gasteiger partial charge in [0.1, 0.15) is 16.7 Å². The third kappa shape index (κ3) is 4.41. The van der Waals surface area contributed by atoms with E-state index >= 15 is 0 Å². The van der Waals surface area contributed by atoms with Crippen molar-refractivity contribution >= 4 is 29.3 Å². The molecular weight excluding hydrogens is 330 g/mol. The Morgan fingerprint density at radius 3 is 2.62 bits per heavy atom. The summed E-state index contributed by atoms with van der Waals surface area (Å²) in [5.74, 6) is -0.557. The highest BCUT2D eigenvalue weighted by Gasteiger charge is 2.14. The molecule has 0 aliphatic carbocycles. The second kappa shape index (κ2) is 7.90. The Kier molecular flexibility index (Phi) is 5.66. The van der Waals surface area contributed by atoms with Crippen LogP contribution in [0.5, 0.6) is 0 Å². The molecule has 2 aromatic carbocycles. The van der Waals surface area contributed by atoms with E-state index in [9.17, 15) is 14.9 Å². The van der Waals surface area contributed by atoms with Crippen LogP contribution in [0.1, 0.15) is 11.1 Å². The Balaban J connectivity index is 2.17. The summed E-state index contributed by atoms with van der Waals surface area (Å²) in [6.45, 7) is 0.277. The van der Waals surface area contributed by atoms with Crippen LogP contribution in [-0.2, 0) is 11.3 Å². The molecule has 0 fully saturated rings. The summed E-state index contributed by atoms with van der Waals surface area (Å²) < 4.78 is 0. The number of hydrogen-bond acceptors (Lipinski definition) is 4. The van der Waals surface area contributed by atoms with Gasteiger partial charge in [-0.15, -0.1) is 0 Å². The number of nitriles is 1. The lowest BCUT2D eigenvalue weighted by atomic mass is 10.1. The molecule has 6 nitrogen and oxygen atoms in total. The summed E-state index contributed by atoms with van der Waals surface area (Å²) in [4.78, 5) is 22.3. The molecule has 2 rings (SSSR count). The largest absolute Gasteiger partial charge is 0.347 e. The molecule has 0 atom stereocenters. The summed E-state index contributed by atoms with van der Waals surface area (Å²) in [6, 6.07) is 15.1. The van der Waals surface area contributed by atoms with Crippen LogP contribution in [0, 0.1) is 21.4 Å². The second-order valence-corrected chi connectivity index (χ2v) is 5.21. The van der Waals surface area contributed by atoms with Crippen molar-refractivity contribution < 1.29 is 9.72 Å². The molecule has 1 N–H and O–H groups in total. The average Bonchev–Trinajstić information content (AvgIpc) is 2.59. The molecule has 0 spiro atoms. The van der Waals surface area contributed by atoms with Crippen LogP contribution in [0.4, 0.5) is 5.69 Å². The van der Waals surface area contributed by atoms with Crippen molar-refractivity contribution in [3.63, 3.8) is 0 Å². The lowest BCUT2D eigenvalue weighted by Crippen LogP contribution is -2.23. The number of rotatable bonds is 5. The Morgan fingerprint density at radius 1 is 1.29 bits per heavy atom. The quantitative estimate of drug-likeness (QED) is 0.390. The zero-order valence-electron chi connectivity index (χ0n) is 12.4. The van der Waals surface area contributed by atoms with Crippen molar-refractivity contribution in [3.8, 4) is 6.07 Å². The van der Waals surface area contributed by atoms with E-state index < -0.39 is 10.8 Å². The molecule has 0 unspecified atom stereocenters. The second-order valence-electron chi connectivity index (χ2n) is 4.81. The van der Waals surface area contributed by atoms with E-state index in [-0.39, 0.29) is 22.8 Å². The van der Waals surface area contributed by atoms with Crippen molar-refractivity contribution in [2.24, 2.45) is 0 Å². The van der Waals surface area contributed by atoms with Crippen LogP contribution in [0.15, 0.2) is 54.1 Å². The van der Waals surface area contributed by atoms with Crippen molar-refractivity contribution in [2.45, 2.75) is 6.54 Å². The normalized spacial score (nSPS) is 10.8. The molecule has 0 aliphatic heterocycles. The van der Waals surface area contributed by atoms with Gasteiger partial charge in [-0.1, -0.05) is 48.0 Å². The number of nitrogens with one attached hydrogen (secondary N) is 1. The number of hydrogen-bond donors (Lipinski definition) is 1. The zero-order valence-corrected chi connectivity index (χ0v) is 13.2. The Labute approximate surface area is 143 Å². The summed E-state index contributed by atoms with van der Waals surface area (Å²) in [5, 5.41) is 22.6. The lowest BCUT2D eigenvalue weighted by molar-refractivity contribution is -0.384. The maximum atomic E-state index is 12.1. The topological polar surface area (TPSA) is 96.0 Å². The van der Waals surface area contributed by atoms with Gasteiger partial charge in [-0.2, -0.15) is 5.26 Å². The van der Waals surface area contributed by atoms with Gasteiger partial charge in [0.2, 0.25) is 0 Å². The van der Waals surface area contributed by atoms with E-state index in [4.69, 9.17) is 16.9 Å². The standard InChI is InChI=1S/C17H12ClN3O3/c18-15-7-6-13(9-16(15)21(23)24)8-14(10-19)17(22)20-11-12-4-2-1-3-5-12/h1-9H,11H2,(H,20,22)/b14-8-. The third-order valence-corrected chi connectivity index (χ3v) is 3.46. The van der Waals surface area contributed by atoms with Gasteiger partial charge in [-0.3, -0.25) is 14.9 Å². The highest BCUT2D eigenvalue weighted by atomic mass is 35.5. The van der Waals surface area contributed by atoms with E-state index in [0.717, 1.165) is 5.56 Å². The molecule has 120 valence electrons. The first kappa shape index (κ1) is 17.2. The molecule has 2 aromatic rings. The molecular formula is C17H12ClN3O3. The van der Waals surface area contributed by atoms with Crippen molar-refractivity contribution in [1.82, 2.24) is 5.32 Å². The number of carbonyl (C=O) groups excluding carboxylic acids is 1. The first-order valence-electron chi connectivity index (χ1n) is 6.89. The smallest absolute Gasteiger partial charge is 0.288 e. The molecule has 24 heavy (non-hydrogen) atoms. The number of nitrogens with zero attached hydrogens (tertiary/aromatic N) is 2. The SMILES string of the molecule is N#C/C(=C/c1ccc(Cl)c([N+](=O)[O-])c1)C(=O)NCc1ccccc1. The number of amides is 1. The first-order valence-corrected chi connectivity index (χ1v) is 7.27. The van der Waals surface area contributed by atoms with Crippen LogP contribution in [0.25, 0.3) is 6.08 Å². The van der Waals surface area contributed by atoms with E-state index in [1.807, 2.05) is 30.3 Å². The number of benzene rings is 2. The fourth-order valence-electron chi connectivity index (χ4n) is 1.95. The van der Waals surface area contributed by atoms with Crippen molar-refractivity contribution in [2.75, 3.05) is 0 Å². The van der Waals surface area contributed by atoms with E-state index in [0.29, 0.717) is 5.56 Å². The molecule has 0 aliphatic rings. The van der Waals surface area contributed by atoms with E-state index in [2.05, 4.69) is 5.32 Å². The minimum absolute atomic E-state index is 0.0100. The maximum Gasteiger partial charge on any atom is 0.288 e. The number of nitro groups is 1. The number of nitro benzene ring substituents is 1. The Morgan fingerprint density at radius 2 is 2.00 bits per heavy atom. The summed E-state index contributed by atoms with van der Waals surface area (Å²) >= 11 is 5.74. The predicted molar refractivity (Wildman–Crippen MR) is 90.0 cm³/mol. The molecule has 7 heteroatoms.